The van der Waals surface area contributed by atoms with Crippen LogP contribution in [0, 0.1) is 0 Å². The third kappa shape index (κ3) is 3.16. The zero-order valence-electron chi connectivity index (χ0n) is 12.8. The molecule has 1 N–H and O–H groups in total. The summed E-state index contributed by atoms with van der Waals surface area (Å²) in [5.41, 5.74) is 2.41. The molecule has 1 fully saturated rings. The lowest BCUT2D eigenvalue weighted by Gasteiger charge is -2.35. The molecular weight excluding hydrogens is 278 g/mol. The molecule has 3 rings (SSSR count). The van der Waals surface area contributed by atoms with E-state index in [4.69, 9.17) is 4.98 Å². The molecule has 21 heavy (non-hydrogen) atoms. The number of nitrogens with one attached hydrogen (secondary N) is 1. The van der Waals surface area contributed by atoms with Crippen LogP contribution in [-0.4, -0.2) is 35.6 Å². The smallest absolute Gasteiger partial charge is 0.134 e. The van der Waals surface area contributed by atoms with E-state index in [1.165, 1.54) is 28.3 Å². The average molecular weight is 301 g/mol. The minimum Gasteiger partial charge on any atom is -0.352 e. The summed E-state index contributed by atoms with van der Waals surface area (Å²) in [5, 5.41) is 4.68. The Labute approximate surface area is 131 Å². The first-order valence-corrected chi connectivity index (χ1v) is 8.89. The second kappa shape index (κ2) is 6.67. The Balaban J connectivity index is 2.04. The SMILES string of the molecule is CCNCc1cc2ccccc2nc1N1CCSCC1C. The number of anilines is 1. The molecule has 2 aromatic rings. The van der Waals surface area contributed by atoms with Crippen molar-refractivity contribution in [2.45, 2.75) is 26.4 Å². The summed E-state index contributed by atoms with van der Waals surface area (Å²) in [7, 11) is 0. The first-order chi connectivity index (χ1) is 10.3. The third-order valence-corrected chi connectivity index (χ3v) is 5.17. The van der Waals surface area contributed by atoms with Crippen molar-refractivity contribution >= 4 is 28.5 Å². The molecule has 1 aromatic heterocycles. The summed E-state index contributed by atoms with van der Waals surface area (Å²) in [6.45, 7) is 7.42. The maximum atomic E-state index is 4.98. The molecule has 112 valence electrons. The van der Waals surface area contributed by atoms with Gasteiger partial charge in [-0.05, 0) is 25.6 Å². The highest BCUT2D eigenvalue weighted by Gasteiger charge is 2.22. The topological polar surface area (TPSA) is 28.2 Å². The van der Waals surface area contributed by atoms with Crippen molar-refractivity contribution in [3.05, 3.63) is 35.9 Å². The molecule has 0 saturated carbocycles. The Bertz CT molecular complexity index is 614. The van der Waals surface area contributed by atoms with Crippen molar-refractivity contribution in [2.75, 3.05) is 29.5 Å². The standard InChI is InChI=1S/C17H23N3S/c1-3-18-11-15-10-14-6-4-5-7-16(14)19-17(15)20-8-9-21-12-13(20)2/h4-7,10,13,18H,3,8-9,11-12H2,1-2H3. The van der Waals surface area contributed by atoms with Gasteiger partial charge in [0.2, 0.25) is 0 Å². The predicted molar refractivity (Wildman–Crippen MR) is 93.3 cm³/mol. The van der Waals surface area contributed by atoms with Gasteiger partial charge in [0.1, 0.15) is 5.82 Å². The summed E-state index contributed by atoms with van der Waals surface area (Å²) in [4.78, 5) is 7.46. The van der Waals surface area contributed by atoms with Crippen molar-refractivity contribution in [2.24, 2.45) is 0 Å². The Morgan fingerprint density at radius 1 is 1.38 bits per heavy atom. The highest BCUT2D eigenvalue weighted by atomic mass is 32.2. The van der Waals surface area contributed by atoms with Crippen LogP contribution >= 0.6 is 11.8 Å². The highest BCUT2D eigenvalue weighted by molar-refractivity contribution is 7.99. The predicted octanol–water partition coefficient (Wildman–Crippen LogP) is 3.29. The van der Waals surface area contributed by atoms with E-state index in [1.807, 2.05) is 11.8 Å². The van der Waals surface area contributed by atoms with Crippen LogP contribution < -0.4 is 10.2 Å². The van der Waals surface area contributed by atoms with Crippen LogP contribution in [0.5, 0.6) is 0 Å². The van der Waals surface area contributed by atoms with Crippen LogP contribution in [0.1, 0.15) is 19.4 Å². The zero-order chi connectivity index (χ0) is 14.7. The molecule has 1 saturated heterocycles. The summed E-state index contributed by atoms with van der Waals surface area (Å²) >= 11 is 2.04. The van der Waals surface area contributed by atoms with Crippen molar-refractivity contribution in [1.82, 2.24) is 10.3 Å². The van der Waals surface area contributed by atoms with Gasteiger partial charge in [-0.25, -0.2) is 4.98 Å². The molecule has 4 heteroatoms. The lowest BCUT2D eigenvalue weighted by Crippen LogP contribution is -2.41. The number of para-hydroxylation sites is 1. The fourth-order valence-corrected chi connectivity index (χ4v) is 3.84. The van der Waals surface area contributed by atoms with E-state index in [0.29, 0.717) is 6.04 Å². The molecule has 3 nitrogen and oxygen atoms in total. The average Bonchev–Trinajstić information content (AvgIpc) is 2.52. The maximum absolute atomic E-state index is 4.98. The largest absolute Gasteiger partial charge is 0.352 e. The molecule has 1 atom stereocenters. The molecule has 1 unspecified atom stereocenters. The Morgan fingerprint density at radius 2 is 2.24 bits per heavy atom. The third-order valence-electron chi connectivity index (χ3n) is 3.99. The van der Waals surface area contributed by atoms with Crippen LogP contribution in [-0.2, 0) is 6.54 Å². The fourth-order valence-electron chi connectivity index (χ4n) is 2.83. The molecule has 0 spiro atoms. The van der Waals surface area contributed by atoms with E-state index >= 15 is 0 Å². The van der Waals surface area contributed by atoms with Crippen molar-refractivity contribution < 1.29 is 0 Å². The monoisotopic (exact) mass is 301 g/mol. The number of nitrogens with zero attached hydrogens (tertiary/aromatic N) is 2. The second-order valence-corrected chi connectivity index (χ2v) is 6.71. The van der Waals surface area contributed by atoms with Gasteiger partial charge in [0.05, 0.1) is 5.52 Å². The highest BCUT2D eigenvalue weighted by Crippen LogP contribution is 2.28. The minimum atomic E-state index is 0.554. The Hall–Kier alpha value is -1.26. The Kier molecular flexibility index (Phi) is 4.66. The van der Waals surface area contributed by atoms with E-state index < -0.39 is 0 Å². The molecule has 0 amide bonds. The van der Waals surface area contributed by atoms with Gasteiger partial charge in [-0.2, -0.15) is 11.8 Å². The first kappa shape index (κ1) is 14.7. The number of pyridine rings is 1. The summed E-state index contributed by atoms with van der Waals surface area (Å²) in [6.07, 6.45) is 0. The van der Waals surface area contributed by atoms with Gasteiger partial charge in [0.25, 0.3) is 0 Å². The van der Waals surface area contributed by atoms with Gasteiger partial charge in [0, 0.05) is 41.6 Å². The van der Waals surface area contributed by atoms with Gasteiger partial charge < -0.3 is 10.2 Å². The van der Waals surface area contributed by atoms with Gasteiger partial charge in [-0.3, -0.25) is 0 Å². The number of hydrogen-bond acceptors (Lipinski definition) is 4. The molecule has 1 aromatic carbocycles. The molecule has 2 heterocycles. The van der Waals surface area contributed by atoms with E-state index in [1.54, 1.807) is 0 Å². The fraction of sp³-hybridized carbons (Fsp3) is 0.471. The van der Waals surface area contributed by atoms with Gasteiger partial charge in [-0.1, -0.05) is 25.1 Å². The van der Waals surface area contributed by atoms with Crippen LogP contribution in [0.2, 0.25) is 0 Å². The van der Waals surface area contributed by atoms with Gasteiger partial charge in [0.15, 0.2) is 0 Å². The van der Waals surface area contributed by atoms with E-state index in [-0.39, 0.29) is 0 Å². The van der Waals surface area contributed by atoms with E-state index in [2.05, 4.69) is 54.4 Å². The van der Waals surface area contributed by atoms with Crippen molar-refractivity contribution in [3.63, 3.8) is 0 Å². The van der Waals surface area contributed by atoms with Gasteiger partial charge >= 0.3 is 0 Å². The number of rotatable bonds is 4. The number of benzene rings is 1. The molecule has 1 aliphatic heterocycles. The summed E-state index contributed by atoms with van der Waals surface area (Å²) in [6, 6.07) is 11.3. The number of hydrogen-bond donors (Lipinski definition) is 1. The number of aromatic nitrogens is 1. The van der Waals surface area contributed by atoms with Crippen molar-refractivity contribution in [3.8, 4) is 0 Å². The molecule has 0 aliphatic carbocycles. The lowest BCUT2D eigenvalue weighted by atomic mass is 10.1. The van der Waals surface area contributed by atoms with Gasteiger partial charge in [-0.15, -0.1) is 0 Å². The van der Waals surface area contributed by atoms with Crippen LogP contribution in [0.15, 0.2) is 30.3 Å². The summed E-state index contributed by atoms with van der Waals surface area (Å²) in [5.74, 6) is 3.55. The lowest BCUT2D eigenvalue weighted by molar-refractivity contribution is 0.672. The van der Waals surface area contributed by atoms with E-state index in [0.717, 1.165) is 25.2 Å². The molecular formula is C17H23N3S. The number of fused-ring (bicyclic) bond motifs is 1. The maximum Gasteiger partial charge on any atom is 0.134 e. The quantitative estimate of drug-likeness (QED) is 0.938. The van der Waals surface area contributed by atoms with Crippen molar-refractivity contribution in [1.29, 1.82) is 0 Å². The number of thioether (sulfide) groups is 1. The molecule has 0 radical (unpaired) electrons. The normalized spacial score (nSPS) is 19.1. The molecule has 1 aliphatic rings. The van der Waals surface area contributed by atoms with E-state index in [9.17, 15) is 0 Å². The summed E-state index contributed by atoms with van der Waals surface area (Å²) < 4.78 is 0. The van der Waals surface area contributed by atoms with Crippen LogP contribution in [0.4, 0.5) is 5.82 Å². The zero-order valence-corrected chi connectivity index (χ0v) is 13.6. The van der Waals surface area contributed by atoms with Crippen LogP contribution in [0.25, 0.3) is 10.9 Å². The molecule has 0 bridgehead atoms. The minimum absolute atomic E-state index is 0.554. The van der Waals surface area contributed by atoms with Crippen LogP contribution in [0.3, 0.4) is 0 Å². The second-order valence-electron chi connectivity index (χ2n) is 5.56. The first-order valence-electron chi connectivity index (χ1n) is 7.73. The Morgan fingerprint density at radius 3 is 3.05 bits per heavy atom.